The van der Waals surface area contributed by atoms with Gasteiger partial charge in [-0.3, -0.25) is 4.79 Å². The molecule has 2 aromatic heterocycles. The van der Waals surface area contributed by atoms with Gasteiger partial charge in [0.15, 0.2) is 0 Å². The molecule has 0 bridgehead atoms. The zero-order valence-electron chi connectivity index (χ0n) is 18.1. The molecule has 34 heavy (non-hydrogen) atoms. The van der Waals surface area contributed by atoms with E-state index in [0.717, 1.165) is 28.8 Å². The number of hydrogen-bond acceptors (Lipinski definition) is 8. The Morgan fingerprint density at radius 1 is 1.15 bits per heavy atom. The molecule has 0 radical (unpaired) electrons. The first-order valence-corrected chi connectivity index (χ1v) is 11.4. The van der Waals surface area contributed by atoms with Crippen molar-refractivity contribution in [2.24, 2.45) is 5.10 Å². The minimum Gasteiger partial charge on any atom is -0.497 e. The number of benzene rings is 2. The highest BCUT2D eigenvalue weighted by Crippen LogP contribution is 2.34. The van der Waals surface area contributed by atoms with E-state index in [9.17, 15) is 9.18 Å². The molecule has 0 saturated heterocycles. The number of hydrogen-bond donors (Lipinski definition) is 0. The van der Waals surface area contributed by atoms with Crippen LogP contribution >= 0.6 is 11.8 Å². The molecule has 0 saturated carbocycles. The van der Waals surface area contributed by atoms with E-state index in [-0.39, 0.29) is 34.4 Å². The average Bonchev–Trinajstić information content (AvgIpc) is 3.63. The second kappa shape index (κ2) is 9.52. The van der Waals surface area contributed by atoms with Crippen molar-refractivity contribution in [3.8, 4) is 17.2 Å². The highest BCUT2D eigenvalue weighted by Gasteiger charge is 2.35. The zero-order valence-corrected chi connectivity index (χ0v) is 18.9. The van der Waals surface area contributed by atoms with Gasteiger partial charge >= 0.3 is 0 Å². The molecule has 8 nitrogen and oxygen atoms in total. The number of hydrazone groups is 1. The first-order valence-electron chi connectivity index (χ1n) is 10.4. The van der Waals surface area contributed by atoms with Crippen molar-refractivity contribution in [3.05, 3.63) is 84.1 Å². The van der Waals surface area contributed by atoms with Crippen molar-refractivity contribution in [1.82, 2.24) is 15.2 Å². The van der Waals surface area contributed by atoms with Gasteiger partial charge in [0.1, 0.15) is 23.4 Å². The van der Waals surface area contributed by atoms with Crippen LogP contribution in [0.4, 0.5) is 4.39 Å². The third-order valence-electron chi connectivity index (χ3n) is 5.29. The Balaban J connectivity index is 1.32. The summed E-state index contributed by atoms with van der Waals surface area (Å²) in [6, 6.07) is 16.9. The summed E-state index contributed by atoms with van der Waals surface area (Å²) in [5.74, 6) is 0.740. The number of nitrogens with zero attached hydrogens (tertiary/aromatic N) is 4. The Kier molecular flexibility index (Phi) is 6.13. The van der Waals surface area contributed by atoms with Gasteiger partial charge in [-0.25, -0.2) is 9.40 Å². The van der Waals surface area contributed by atoms with Crippen LogP contribution in [0.1, 0.15) is 23.8 Å². The number of thioether (sulfide) groups is 1. The molecule has 0 aliphatic carbocycles. The van der Waals surface area contributed by atoms with Gasteiger partial charge in [-0.15, -0.1) is 10.2 Å². The predicted molar refractivity (Wildman–Crippen MR) is 123 cm³/mol. The number of carbonyl (C=O) groups excluding carboxylic acids is 1. The molecule has 4 aromatic rings. The Bertz CT molecular complexity index is 1320. The molecular formula is C24H19FN4O4S. The van der Waals surface area contributed by atoms with Crippen molar-refractivity contribution in [3.63, 3.8) is 0 Å². The molecule has 1 atom stereocenters. The van der Waals surface area contributed by atoms with Crippen molar-refractivity contribution < 1.29 is 22.8 Å². The van der Waals surface area contributed by atoms with Gasteiger partial charge in [0.25, 0.3) is 17.0 Å². The van der Waals surface area contributed by atoms with Crippen LogP contribution in [0, 0.1) is 5.82 Å². The molecule has 5 rings (SSSR count). The summed E-state index contributed by atoms with van der Waals surface area (Å²) < 4.78 is 30.3. The Labute approximate surface area is 198 Å². The highest BCUT2D eigenvalue weighted by molar-refractivity contribution is 7.99. The third kappa shape index (κ3) is 4.44. The van der Waals surface area contributed by atoms with Crippen LogP contribution in [-0.4, -0.2) is 39.7 Å². The molecule has 0 spiro atoms. The molecule has 2 aromatic carbocycles. The molecule has 10 heteroatoms. The number of aromatic nitrogens is 2. The van der Waals surface area contributed by atoms with Gasteiger partial charge in [0.05, 0.1) is 30.4 Å². The average molecular weight is 479 g/mol. The van der Waals surface area contributed by atoms with Gasteiger partial charge in [-0.1, -0.05) is 23.9 Å². The van der Waals surface area contributed by atoms with E-state index in [2.05, 4.69) is 15.3 Å². The predicted octanol–water partition coefficient (Wildman–Crippen LogP) is 4.95. The van der Waals surface area contributed by atoms with E-state index in [1.54, 1.807) is 37.6 Å². The zero-order chi connectivity index (χ0) is 23.5. The lowest BCUT2D eigenvalue weighted by atomic mass is 10.0. The van der Waals surface area contributed by atoms with Crippen LogP contribution in [0.25, 0.3) is 11.5 Å². The number of carbonyl (C=O) groups is 1. The second-order valence-electron chi connectivity index (χ2n) is 7.39. The first-order chi connectivity index (χ1) is 16.6. The van der Waals surface area contributed by atoms with Crippen LogP contribution in [0.15, 0.2) is 86.1 Å². The standard InChI is InChI=1S/C24H19FN4O4S/c1-31-16-10-8-15(9-11-16)19-13-20(21-7-4-12-32-21)29(28-19)22(30)14-34-24-27-26-23(33-24)17-5-2-3-6-18(17)25/h2-12,20H,13-14H2,1H3/t20-/m0/s1. The number of furan rings is 1. The van der Waals surface area contributed by atoms with Gasteiger partial charge in [-0.05, 0) is 54.1 Å². The topological polar surface area (TPSA) is 94.0 Å². The van der Waals surface area contributed by atoms with E-state index in [1.807, 2.05) is 30.3 Å². The molecule has 0 N–H and O–H groups in total. The van der Waals surface area contributed by atoms with Gasteiger partial charge < -0.3 is 13.6 Å². The lowest BCUT2D eigenvalue weighted by molar-refractivity contribution is -0.130. The van der Waals surface area contributed by atoms with E-state index in [1.165, 1.54) is 11.1 Å². The van der Waals surface area contributed by atoms with E-state index in [0.29, 0.717) is 12.2 Å². The van der Waals surface area contributed by atoms with E-state index in [4.69, 9.17) is 13.6 Å². The molecule has 0 fully saturated rings. The number of methoxy groups -OCH3 is 1. The van der Waals surface area contributed by atoms with Crippen LogP contribution in [0.5, 0.6) is 5.75 Å². The molecule has 1 aliphatic rings. The quantitative estimate of drug-likeness (QED) is 0.347. The lowest BCUT2D eigenvalue weighted by Gasteiger charge is -2.19. The minimum atomic E-state index is -0.461. The van der Waals surface area contributed by atoms with E-state index < -0.39 is 5.82 Å². The molecular weight excluding hydrogens is 459 g/mol. The maximum atomic E-state index is 14.0. The number of amides is 1. The summed E-state index contributed by atoms with van der Waals surface area (Å²) in [6.45, 7) is 0. The molecule has 3 heterocycles. The highest BCUT2D eigenvalue weighted by atomic mass is 32.2. The molecule has 1 amide bonds. The summed E-state index contributed by atoms with van der Waals surface area (Å²) in [4.78, 5) is 13.1. The fourth-order valence-electron chi connectivity index (χ4n) is 3.60. The summed E-state index contributed by atoms with van der Waals surface area (Å²) >= 11 is 1.07. The normalized spacial score (nSPS) is 15.4. The van der Waals surface area contributed by atoms with Crippen molar-refractivity contribution in [2.45, 2.75) is 17.7 Å². The van der Waals surface area contributed by atoms with Crippen molar-refractivity contribution >= 4 is 23.4 Å². The fraction of sp³-hybridized carbons (Fsp3) is 0.167. The van der Waals surface area contributed by atoms with Crippen LogP contribution in [0.3, 0.4) is 0 Å². The summed E-state index contributed by atoms with van der Waals surface area (Å²) in [6.07, 6.45) is 2.08. The number of halogens is 1. The molecule has 172 valence electrons. The summed E-state index contributed by atoms with van der Waals surface area (Å²) in [5.41, 5.74) is 1.87. The lowest BCUT2D eigenvalue weighted by Crippen LogP contribution is -2.28. The maximum absolute atomic E-state index is 14.0. The van der Waals surface area contributed by atoms with Crippen molar-refractivity contribution in [1.29, 1.82) is 0 Å². The van der Waals surface area contributed by atoms with Gasteiger partial charge in [-0.2, -0.15) is 5.10 Å². The summed E-state index contributed by atoms with van der Waals surface area (Å²) in [5, 5.41) is 14.0. The Morgan fingerprint density at radius 3 is 2.71 bits per heavy atom. The van der Waals surface area contributed by atoms with Gasteiger partial charge in [0, 0.05) is 6.42 Å². The smallest absolute Gasteiger partial charge is 0.277 e. The SMILES string of the molecule is COc1ccc(C2=NN(C(=O)CSc3nnc(-c4ccccc4F)o3)[C@H](c3ccco3)C2)cc1. The van der Waals surface area contributed by atoms with Crippen LogP contribution in [-0.2, 0) is 4.79 Å². The first kappa shape index (κ1) is 21.9. The van der Waals surface area contributed by atoms with Gasteiger partial charge in [0.2, 0.25) is 0 Å². The van der Waals surface area contributed by atoms with Crippen LogP contribution < -0.4 is 4.74 Å². The number of ether oxygens (including phenoxy) is 1. The van der Waals surface area contributed by atoms with Crippen LogP contribution in [0.2, 0.25) is 0 Å². The second-order valence-corrected chi connectivity index (χ2v) is 8.32. The maximum Gasteiger partial charge on any atom is 0.277 e. The van der Waals surface area contributed by atoms with Crippen molar-refractivity contribution in [2.75, 3.05) is 12.9 Å². The third-order valence-corrected chi connectivity index (χ3v) is 6.09. The Hall–Kier alpha value is -3.92. The largest absolute Gasteiger partial charge is 0.497 e. The van der Waals surface area contributed by atoms with E-state index >= 15 is 0 Å². The molecule has 1 aliphatic heterocycles. The fourth-order valence-corrected chi connectivity index (χ4v) is 4.22. The molecule has 0 unspecified atom stereocenters. The number of rotatable bonds is 7. The Morgan fingerprint density at radius 2 is 1.97 bits per heavy atom. The minimum absolute atomic E-state index is 0.00943. The monoisotopic (exact) mass is 478 g/mol. The summed E-state index contributed by atoms with van der Waals surface area (Å²) in [7, 11) is 1.61.